The van der Waals surface area contributed by atoms with Gasteiger partial charge in [-0.3, -0.25) is 9.78 Å². The van der Waals surface area contributed by atoms with E-state index in [-0.39, 0.29) is 16.6 Å². The number of halogens is 1. The molecule has 0 atom stereocenters. The van der Waals surface area contributed by atoms with E-state index >= 15 is 0 Å². The van der Waals surface area contributed by atoms with Crippen molar-refractivity contribution >= 4 is 35.0 Å². The third kappa shape index (κ3) is 2.73. The molecule has 1 aliphatic heterocycles. The van der Waals surface area contributed by atoms with Gasteiger partial charge in [-0.05, 0) is 31.2 Å². The summed E-state index contributed by atoms with van der Waals surface area (Å²) in [5.74, 6) is -0.202. The molecule has 3 rings (SSSR count). The van der Waals surface area contributed by atoms with Crippen molar-refractivity contribution in [2.75, 3.05) is 17.7 Å². The van der Waals surface area contributed by atoms with E-state index in [0.717, 1.165) is 24.2 Å². The van der Waals surface area contributed by atoms with Crippen molar-refractivity contribution in [3.63, 3.8) is 0 Å². The van der Waals surface area contributed by atoms with Crippen molar-refractivity contribution in [1.29, 1.82) is 0 Å². The average molecular weight is 321 g/mol. The summed E-state index contributed by atoms with van der Waals surface area (Å²) in [5, 5.41) is 0.806. The molecule has 0 bridgehead atoms. The van der Waals surface area contributed by atoms with Crippen molar-refractivity contribution in [1.82, 2.24) is 15.0 Å². The van der Waals surface area contributed by atoms with Crippen molar-refractivity contribution < 1.29 is 4.79 Å². The predicted octanol–water partition coefficient (Wildman–Crippen LogP) is 2.84. The van der Waals surface area contributed by atoms with Crippen LogP contribution in [0.3, 0.4) is 0 Å². The van der Waals surface area contributed by atoms with Crippen LogP contribution in [-0.4, -0.2) is 33.7 Å². The molecule has 0 aliphatic carbocycles. The first-order chi connectivity index (χ1) is 10.2. The van der Waals surface area contributed by atoms with Gasteiger partial charge in [0, 0.05) is 12.7 Å². The topological polar surface area (TPSA) is 59.0 Å². The van der Waals surface area contributed by atoms with Gasteiger partial charge in [0.05, 0.1) is 22.6 Å². The minimum Gasteiger partial charge on any atom is -0.305 e. The molecule has 1 aliphatic rings. The van der Waals surface area contributed by atoms with Gasteiger partial charge < -0.3 is 4.90 Å². The summed E-state index contributed by atoms with van der Waals surface area (Å²) in [6, 6.07) is 3.74. The van der Waals surface area contributed by atoms with Gasteiger partial charge >= 0.3 is 0 Å². The zero-order valence-corrected chi connectivity index (χ0v) is 13.0. The Kier molecular flexibility index (Phi) is 4.07. The fourth-order valence-electron chi connectivity index (χ4n) is 2.33. The van der Waals surface area contributed by atoms with Crippen LogP contribution in [0, 0.1) is 0 Å². The maximum atomic E-state index is 12.8. The summed E-state index contributed by atoms with van der Waals surface area (Å²) in [4.78, 5) is 27.1. The molecule has 0 aromatic carbocycles. The second-order valence-electron chi connectivity index (χ2n) is 4.58. The molecular formula is C14H13ClN4OS. The van der Waals surface area contributed by atoms with Gasteiger partial charge in [0.15, 0.2) is 10.9 Å². The zero-order valence-electron chi connectivity index (χ0n) is 11.4. The third-order valence-corrected chi connectivity index (χ3v) is 4.14. The SMILES string of the molecule is CSc1ncc(Cl)c(C(=O)N2CCCc3ncccc32)n1. The number of pyridine rings is 1. The quantitative estimate of drug-likeness (QED) is 0.629. The summed E-state index contributed by atoms with van der Waals surface area (Å²) in [6.07, 6.45) is 6.84. The van der Waals surface area contributed by atoms with E-state index in [4.69, 9.17) is 11.6 Å². The maximum Gasteiger partial charge on any atom is 0.278 e. The Balaban J connectivity index is 2.00. The number of aromatic nitrogens is 3. The predicted molar refractivity (Wildman–Crippen MR) is 83.1 cm³/mol. The lowest BCUT2D eigenvalue weighted by atomic mass is 10.1. The maximum absolute atomic E-state index is 12.8. The molecule has 0 saturated heterocycles. The standard InChI is InChI=1S/C14H13ClN4OS/c1-21-14-17-8-9(15)12(18-14)13(20)19-7-3-4-10-11(19)5-2-6-16-10/h2,5-6,8H,3-4,7H2,1H3. The number of rotatable bonds is 2. The zero-order chi connectivity index (χ0) is 14.8. The van der Waals surface area contributed by atoms with Crippen LogP contribution in [0.1, 0.15) is 22.6 Å². The van der Waals surface area contributed by atoms with Crippen LogP contribution >= 0.6 is 23.4 Å². The average Bonchev–Trinajstić information content (AvgIpc) is 2.54. The van der Waals surface area contributed by atoms with Crippen LogP contribution in [0.2, 0.25) is 5.02 Å². The summed E-state index contributed by atoms with van der Waals surface area (Å²) in [6.45, 7) is 0.645. The summed E-state index contributed by atoms with van der Waals surface area (Å²) >= 11 is 7.47. The van der Waals surface area contributed by atoms with Gasteiger partial charge in [0.1, 0.15) is 0 Å². The molecular weight excluding hydrogens is 308 g/mol. The van der Waals surface area contributed by atoms with Crippen LogP contribution in [0.25, 0.3) is 0 Å². The second-order valence-corrected chi connectivity index (χ2v) is 5.76. The Bertz CT molecular complexity index is 694. The van der Waals surface area contributed by atoms with E-state index in [0.29, 0.717) is 11.7 Å². The molecule has 0 fully saturated rings. The number of fused-ring (bicyclic) bond motifs is 1. The number of anilines is 1. The number of amides is 1. The molecule has 7 heteroatoms. The highest BCUT2D eigenvalue weighted by atomic mass is 35.5. The highest BCUT2D eigenvalue weighted by Crippen LogP contribution is 2.28. The first-order valence-electron chi connectivity index (χ1n) is 6.53. The number of nitrogens with zero attached hydrogens (tertiary/aromatic N) is 4. The van der Waals surface area contributed by atoms with Gasteiger partial charge in [-0.1, -0.05) is 23.4 Å². The van der Waals surface area contributed by atoms with E-state index in [2.05, 4.69) is 15.0 Å². The lowest BCUT2D eigenvalue weighted by Crippen LogP contribution is -2.36. The van der Waals surface area contributed by atoms with E-state index in [1.165, 1.54) is 18.0 Å². The Hall–Kier alpha value is -1.66. The molecule has 0 spiro atoms. The van der Waals surface area contributed by atoms with Gasteiger partial charge in [0.25, 0.3) is 5.91 Å². The largest absolute Gasteiger partial charge is 0.305 e. The smallest absolute Gasteiger partial charge is 0.278 e. The number of thioether (sulfide) groups is 1. The van der Waals surface area contributed by atoms with E-state index in [1.807, 2.05) is 18.4 Å². The molecule has 0 N–H and O–H groups in total. The number of aryl methyl sites for hydroxylation is 1. The Morgan fingerprint density at radius 1 is 1.43 bits per heavy atom. The number of hydrogen-bond acceptors (Lipinski definition) is 5. The van der Waals surface area contributed by atoms with Gasteiger partial charge in [-0.25, -0.2) is 9.97 Å². The lowest BCUT2D eigenvalue weighted by Gasteiger charge is -2.28. The van der Waals surface area contributed by atoms with E-state index in [9.17, 15) is 4.79 Å². The fraction of sp³-hybridized carbons (Fsp3) is 0.286. The van der Waals surface area contributed by atoms with Gasteiger partial charge in [-0.2, -0.15) is 0 Å². The van der Waals surface area contributed by atoms with Crippen LogP contribution in [0.4, 0.5) is 5.69 Å². The number of carbonyl (C=O) groups is 1. The Morgan fingerprint density at radius 2 is 2.29 bits per heavy atom. The summed E-state index contributed by atoms with van der Waals surface area (Å²) in [7, 11) is 0. The molecule has 3 heterocycles. The molecule has 1 amide bonds. The fourth-order valence-corrected chi connectivity index (χ4v) is 2.84. The summed E-state index contributed by atoms with van der Waals surface area (Å²) < 4.78 is 0. The molecule has 5 nitrogen and oxygen atoms in total. The highest BCUT2D eigenvalue weighted by Gasteiger charge is 2.26. The lowest BCUT2D eigenvalue weighted by molar-refractivity contribution is 0.0979. The van der Waals surface area contributed by atoms with Crippen molar-refractivity contribution in [3.05, 3.63) is 40.9 Å². The highest BCUT2D eigenvalue weighted by molar-refractivity contribution is 7.98. The molecule has 0 unspecified atom stereocenters. The van der Waals surface area contributed by atoms with Crippen LogP contribution in [0.15, 0.2) is 29.7 Å². The first-order valence-corrected chi connectivity index (χ1v) is 8.13. The number of carbonyl (C=O) groups excluding carboxylic acids is 1. The van der Waals surface area contributed by atoms with E-state index in [1.54, 1.807) is 11.1 Å². The Morgan fingerprint density at radius 3 is 3.10 bits per heavy atom. The Labute approximate surface area is 131 Å². The van der Waals surface area contributed by atoms with Crippen LogP contribution < -0.4 is 4.90 Å². The number of hydrogen-bond donors (Lipinski definition) is 0. The monoisotopic (exact) mass is 320 g/mol. The van der Waals surface area contributed by atoms with Crippen molar-refractivity contribution in [2.45, 2.75) is 18.0 Å². The van der Waals surface area contributed by atoms with Crippen molar-refractivity contribution in [3.8, 4) is 0 Å². The first kappa shape index (κ1) is 14.3. The molecule has 108 valence electrons. The third-order valence-electron chi connectivity index (χ3n) is 3.30. The molecule has 2 aromatic heterocycles. The minimum absolute atomic E-state index is 0.202. The minimum atomic E-state index is -0.202. The van der Waals surface area contributed by atoms with Crippen LogP contribution in [0.5, 0.6) is 0 Å². The van der Waals surface area contributed by atoms with E-state index < -0.39 is 0 Å². The van der Waals surface area contributed by atoms with Crippen LogP contribution in [-0.2, 0) is 6.42 Å². The molecule has 21 heavy (non-hydrogen) atoms. The molecule has 0 saturated carbocycles. The summed E-state index contributed by atoms with van der Waals surface area (Å²) in [5.41, 5.74) is 2.02. The van der Waals surface area contributed by atoms with Gasteiger partial charge in [-0.15, -0.1) is 0 Å². The molecule has 2 aromatic rings. The second kappa shape index (κ2) is 5.99. The molecule has 0 radical (unpaired) electrons. The normalized spacial score (nSPS) is 13.9. The van der Waals surface area contributed by atoms with Gasteiger partial charge in [0.2, 0.25) is 0 Å². The van der Waals surface area contributed by atoms with Crippen molar-refractivity contribution in [2.24, 2.45) is 0 Å².